The monoisotopic (exact) mass is 276 g/mol. The van der Waals surface area contributed by atoms with Crippen LogP contribution in [0.5, 0.6) is 0 Å². The van der Waals surface area contributed by atoms with E-state index in [1.54, 1.807) is 0 Å². The molecule has 0 aliphatic heterocycles. The topological polar surface area (TPSA) is 58.2 Å². The smallest absolute Gasteiger partial charge is 0.208 e. The van der Waals surface area contributed by atoms with Gasteiger partial charge in [0.2, 0.25) is 10.0 Å². The molecule has 0 saturated heterocycles. The quantitative estimate of drug-likeness (QED) is 0.752. The molecule has 0 atom stereocenters. The Morgan fingerprint density at radius 1 is 1.06 bits per heavy atom. The summed E-state index contributed by atoms with van der Waals surface area (Å²) in [6.45, 7) is 8.17. The van der Waals surface area contributed by atoms with Crippen molar-refractivity contribution < 1.29 is 8.42 Å². The van der Waals surface area contributed by atoms with Crippen LogP contribution < -0.4 is 10.0 Å². The molecule has 0 heterocycles. The normalized spacial score (nSPS) is 26.2. The Kier molecular flexibility index (Phi) is 5.62. The lowest BCUT2D eigenvalue weighted by atomic mass is 9.71. The van der Waals surface area contributed by atoms with Crippen LogP contribution in [0.4, 0.5) is 0 Å². The van der Waals surface area contributed by atoms with Gasteiger partial charge >= 0.3 is 0 Å². The van der Waals surface area contributed by atoms with Crippen LogP contribution in [-0.2, 0) is 10.0 Å². The van der Waals surface area contributed by atoms with Gasteiger partial charge < -0.3 is 5.32 Å². The first-order valence-electron chi connectivity index (χ1n) is 6.86. The number of nitrogens with one attached hydrogen (secondary N) is 2. The van der Waals surface area contributed by atoms with E-state index in [2.05, 4.69) is 30.8 Å². The maximum Gasteiger partial charge on any atom is 0.208 e. The number of hydrogen-bond donors (Lipinski definition) is 2. The summed E-state index contributed by atoms with van der Waals surface area (Å²) in [5.41, 5.74) is 0.419. The van der Waals surface area contributed by atoms with E-state index in [-0.39, 0.29) is 0 Å². The molecule has 1 rings (SSSR count). The predicted octanol–water partition coefficient (Wildman–Crippen LogP) is 1.73. The zero-order chi connectivity index (χ0) is 13.8. The van der Waals surface area contributed by atoms with Crippen molar-refractivity contribution in [3.63, 3.8) is 0 Å². The van der Waals surface area contributed by atoms with E-state index < -0.39 is 10.0 Å². The first kappa shape index (κ1) is 15.9. The van der Waals surface area contributed by atoms with Crippen molar-refractivity contribution in [2.24, 2.45) is 11.3 Å². The molecule has 1 aliphatic carbocycles. The first-order valence-corrected chi connectivity index (χ1v) is 8.75. The fraction of sp³-hybridized carbons (Fsp3) is 1.00. The zero-order valence-electron chi connectivity index (χ0n) is 12.1. The second-order valence-electron chi connectivity index (χ2n) is 6.54. The zero-order valence-corrected chi connectivity index (χ0v) is 12.9. The maximum absolute atomic E-state index is 10.9. The molecule has 108 valence electrons. The fourth-order valence-electron chi connectivity index (χ4n) is 2.68. The summed E-state index contributed by atoms with van der Waals surface area (Å²) in [5, 5.41) is 3.44. The molecule has 0 amide bonds. The summed E-state index contributed by atoms with van der Waals surface area (Å²) >= 11 is 0. The molecular formula is C13H28N2O2S. The lowest BCUT2D eigenvalue weighted by Crippen LogP contribution is -2.40. The van der Waals surface area contributed by atoms with Gasteiger partial charge in [0.25, 0.3) is 0 Å². The Hall–Kier alpha value is -0.130. The Morgan fingerprint density at radius 3 is 2.06 bits per heavy atom. The van der Waals surface area contributed by atoms with Crippen LogP contribution in [-0.4, -0.2) is 33.8 Å². The first-order chi connectivity index (χ1) is 8.18. The van der Waals surface area contributed by atoms with Crippen molar-refractivity contribution in [3.05, 3.63) is 0 Å². The molecule has 0 aromatic heterocycles. The summed E-state index contributed by atoms with van der Waals surface area (Å²) in [7, 11) is -3.05. The van der Waals surface area contributed by atoms with Crippen LogP contribution in [0.2, 0.25) is 0 Å². The van der Waals surface area contributed by atoms with Crippen molar-refractivity contribution in [3.8, 4) is 0 Å². The van der Waals surface area contributed by atoms with E-state index in [9.17, 15) is 8.42 Å². The molecule has 1 saturated carbocycles. The van der Waals surface area contributed by atoms with Gasteiger partial charge in [-0.15, -0.1) is 0 Å². The van der Waals surface area contributed by atoms with Crippen LogP contribution in [0.15, 0.2) is 0 Å². The van der Waals surface area contributed by atoms with Crippen molar-refractivity contribution in [1.82, 2.24) is 10.0 Å². The molecule has 0 radical (unpaired) electrons. The summed E-state index contributed by atoms with van der Waals surface area (Å²) < 4.78 is 24.3. The van der Waals surface area contributed by atoms with Crippen molar-refractivity contribution in [1.29, 1.82) is 0 Å². The minimum atomic E-state index is -3.05. The van der Waals surface area contributed by atoms with Crippen molar-refractivity contribution >= 4 is 10.0 Å². The Balaban J connectivity index is 2.17. The molecule has 2 N–H and O–H groups in total. The Labute approximate surface area is 112 Å². The molecule has 4 nitrogen and oxygen atoms in total. The van der Waals surface area contributed by atoms with E-state index in [0.717, 1.165) is 12.5 Å². The van der Waals surface area contributed by atoms with Gasteiger partial charge in [0, 0.05) is 19.1 Å². The van der Waals surface area contributed by atoms with Gasteiger partial charge in [-0.1, -0.05) is 20.8 Å². The van der Waals surface area contributed by atoms with E-state index >= 15 is 0 Å². The lowest BCUT2D eigenvalue weighted by Gasteiger charge is -2.37. The van der Waals surface area contributed by atoms with Crippen LogP contribution >= 0.6 is 0 Å². The van der Waals surface area contributed by atoms with Gasteiger partial charge in [0.1, 0.15) is 0 Å². The van der Waals surface area contributed by atoms with Crippen LogP contribution in [0.1, 0.15) is 46.5 Å². The largest absolute Gasteiger partial charge is 0.313 e. The third-order valence-corrected chi connectivity index (χ3v) is 4.60. The SMILES string of the molecule is CC(C)(C)C1CCC(NCCNS(C)(=O)=O)CC1. The van der Waals surface area contributed by atoms with E-state index in [1.807, 2.05) is 0 Å². The van der Waals surface area contributed by atoms with Crippen LogP contribution in [0, 0.1) is 11.3 Å². The van der Waals surface area contributed by atoms with Gasteiger partial charge in [-0.25, -0.2) is 13.1 Å². The molecule has 1 fully saturated rings. The molecule has 1 aliphatic rings. The van der Waals surface area contributed by atoms with Gasteiger partial charge in [0.15, 0.2) is 0 Å². The van der Waals surface area contributed by atoms with Gasteiger partial charge in [-0.2, -0.15) is 0 Å². The fourth-order valence-corrected chi connectivity index (χ4v) is 3.15. The molecule has 0 aromatic rings. The van der Waals surface area contributed by atoms with E-state index in [4.69, 9.17) is 0 Å². The third kappa shape index (κ3) is 6.16. The highest BCUT2D eigenvalue weighted by Gasteiger charge is 2.29. The second kappa shape index (κ2) is 6.35. The molecular weight excluding hydrogens is 248 g/mol. The van der Waals surface area contributed by atoms with Gasteiger partial charge in [-0.3, -0.25) is 0 Å². The predicted molar refractivity (Wildman–Crippen MR) is 76.1 cm³/mol. The van der Waals surface area contributed by atoms with Crippen molar-refractivity contribution in [2.75, 3.05) is 19.3 Å². The summed E-state index contributed by atoms with van der Waals surface area (Å²) in [6.07, 6.45) is 6.17. The lowest BCUT2D eigenvalue weighted by molar-refractivity contribution is 0.160. The van der Waals surface area contributed by atoms with Gasteiger partial charge in [-0.05, 0) is 37.0 Å². The minimum absolute atomic E-state index is 0.419. The summed E-state index contributed by atoms with van der Waals surface area (Å²) in [4.78, 5) is 0. The van der Waals surface area contributed by atoms with E-state index in [1.165, 1.54) is 31.9 Å². The maximum atomic E-state index is 10.9. The standard InChI is InChI=1S/C13H28N2O2S/c1-13(2,3)11-5-7-12(8-6-11)14-9-10-15-18(4,16)17/h11-12,14-15H,5-10H2,1-4H3. The molecule has 0 unspecified atom stereocenters. The molecule has 0 spiro atoms. The second-order valence-corrected chi connectivity index (χ2v) is 8.37. The summed E-state index contributed by atoms with van der Waals surface area (Å²) in [5.74, 6) is 0.824. The van der Waals surface area contributed by atoms with Crippen molar-refractivity contribution in [2.45, 2.75) is 52.5 Å². The number of sulfonamides is 1. The molecule has 0 aromatic carbocycles. The summed E-state index contributed by atoms with van der Waals surface area (Å²) in [6, 6.07) is 0.560. The van der Waals surface area contributed by atoms with Crippen LogP contribution in [0.3, 0.4) is 0 Å². The van der Waals surface area contributed by atoms with Crippen LogP contribution in [0.25, 0.3) is 0 Å². The highest BCUT2D eigenvalue weighted by atomic mass is 32.2. The Bertz CT molecular complexity index is 338. The minimum Gasteiger partial charge on any atom is -0.313 e. The molecule has 0 bridgehead atoms. The highest BCUT2D eigenvalue weighted by molar-refractivity contribution is 7.88. The van der Waals surface area contributed by atoms with E-state index in [0.29, 0.717) is 18.0 Å². The van der Waals surface area contributed by atoms with Gasteiger partial charge in [0.05, 0.1) is 6.26 Å². The molecule has 5 heteroatoms. The number of hydrogen-bond acceptors (Lipinski definition) is 3. The Morgan fingerprint density at radius 2 is 1.61 bits per heavy atom. The average molecular weight is 276 g/mol. The third-order valence-electron chi connectivity index (χ3n) is 3.87. The highest BCUT2D eigenvalue weighted by Crippen LogP contribution is 2.37. The number of rotatable bonds is 5. The molecule has 18 heavy (non-hydrogen) atoms. The average Bonchev–Trinajstić information content (AvgIpc) is 2.22.